The lowest BCUT2D eigenvalue weighted by atomic mass is 9.99. The summed E-state index contributed by atoms with van der Waals surface area (Å²) in [6, 6.07) is 12.9. The zero-order valence-corrected chi connectivity index (χ0v) is 29.5. The Hall–Kier alpha value is -5.56. The maximum Gasteiger partial charge on any atom is 0.410 e. The highest BCUT2D eigenvalue weighted by Crippen LogP contribution is 2.37. The summed E-state index contributed by atoms with van der Waals surface area (Å²) in [7, 11) is 0. The Morgan fingerprint density at radius 2 is 1.65 bits per heavy atom. The van der Waals surface area contributed by atoms with Gasteiger partial charge in [-0.2, -0.15) is 0 Å². The molecule has 270 valence electrons. The Bertz CT molecular complexity index is 2170. The fraction of sp³-hybridized carbons (Fsp3) is 0.359. The highest BCUT2D eigenvalue weighted by atomic mass is 19.1. The second kappa shape index (κ2) is 14.2. The van der Waals surface area contributed by atoms with Crippen LogP contribution in [0.2, 0.25) is 0 Å². The number of carbonyl (C=O) groups excluding carboxylic acids is 2. The number of hydrogen-bond acceptors (Lipinski definition) is 8. The molecule has 1 atom stereocenters. The zero-order chi connectivity index (χ0) is 36.6. The standard InChI is InChI=1S/C39H42FN7O5/c1-39(2,3)52-38(50)46-15-12-29(19-46)47-22-30(33-35(41)42-23-43-36(33)47)25-6-10-28(11-7-25)44-37(49)32-21-45(18-24-13-16-51-17-14-24)20-31(34(32)48)26-4-8-27(40)9-5-26/h4-11,20-24,29H,12-19H2,1-3H3,(H,44,49)(H2,41,42,43). The molecule has 0 bridgehead atoms. The van der Waals surface area contributed by atoms with Gasteiger partial charge in [0.2, 0.25) is 5.43 Å². The first kappa shape index (κ1) is 34.9. The molecule has 0 saturated carbocycles. The van der Waals surface area contributed by atoms with Crippen molar-refractivity contribution in [2.24, 2.45) is 5.92 Å². The number of anilines is 2. The Morgan fingerprint density at radius 3 is 2.37 bits per heavy atom. The van der Waals surface area contributed by atoms with Crippen LogP contribution >= 0.6 is 0 Å². The van der Waals surface area contributed by atoms with E-state index in [0.717, 1.165) is 30.4 Å². The van der Waals surface area contributed by atoms with Crippen molar-refractivity contribution in [3.05, 3.63) is 95.1 Å². The Labute approximate surface area is 300 Å². The number of nitrogen functional groups attached to an aromatic ring is 1. The number of nitrogens with two attached hydrogens (primary N) is 1. The maximum absolute atomic E-state index is 13.7. The van der Waals surface area contributed by atoms with E-state index in [-0.39, 0.29) is 17.7 Å². The van der Waals surface area contributed by atoms with E-state index in [1.165, 1.54) is 18.5 Å². The minimum atomic E-state index is -0.590. The smallest absolute Gasteiger partial charge is 0.410 e. The van der Waals surface area contributed by atoms with Gasteiger partial charge in [-0.15, -0.1) is 0 Å². The summed E-state index contributed by atoms with van der Waals surface area (Å²) in [5.74, 6) is -0.292. The SMILES string of the molecule is CC(C)(C)OC(=O)N1CCC(n2cc(-c3ccc(NC(=O)c4cn(CC5CCOCC5)cc(-c5ccc(F)cc5)c4=O)cc3)c3c(N)ncnc32)C1. The molecule has 5 heterocycles. The van der Waals surface area contributed by atoms with E-state index in [4.69, 9.17) is 15.2 Å². The van der Waals surface area contributed by atoms with E-state index in [9.17, 15) is 18.8 Å². The van der Waals surface area contributed by atoms with Crippen molar-refractivity contribution in [1.82, 2.24) is 24.0 Å². The Morgan fingerprint density at radius 1 is 0.962 bits per heavy atom. The van der Waals surface area contributed by atoms with Crippen LogP contribution < -0.4 is 16.5 Å². The number of likely N-dealkylation sites (tertiary alicyclic amines) is 1. The summed E-state index contributed by atoms with van der Waals surface area (Å²) < 4.78 is 28.8. The summed E-state index contributed by atoms with van der Waals surface area (Å²) in [5.41, 5.74) is 8.99. The number of fused-ring (bicyclic) bond motifs is 1. The number of hydrogen-bond donors (Lipinski definition) is 2. The molecule has 2 aromatic carbocycles. The van der Waals surface area contributed by atoms with Crippen molar-refractivity contribution in [3.63, 3.8) is 0 Å². The molecular weight excluding hydrogens is 665 g/mol. The molecule has 52 heavy (non-hydrogen) atoms. The lowest BCUT2D eigenvalue weighted by molar-refractivity contribution is 0.0289. The third-order valence-electron chi connectivity index (χ3n) is 9.59. The van der Waals surface area contributed by atoms with E-state index >= 15 is 0 Å². The first-order valence-electron chi connectivity index (χ1n) is 17.5. The molecule has 2 aliphatic rings. The van der Waals surface area contributed by atoms with Gasteiger partial charge in [0.15, 0.2) is 0 Å². The molecule has 3 aromatic heterocycles. The molecule has 2 fully saturated rings. The number of rotatable bonds is 7. The van der Waals surface area contributed by atoms with Gasteiger partial charge in [0.05, 0.1) is 11.4 Å². The van der Waals surface area contributed by atoms with Gasteiger partial charge in [-0.3, -0.25) is 9.59 Å². The van der Waals surface area contributed by atoms with Crippen molar-refractivity contribution in [2.45, 2.75) is 58.2 Å². The van der Waals surface area contributed by atoms with Crippen LogP contribution in [-0.2, 0) is 16.0 Å². The molecule has 1 unspecified atom stereocenters. The van der Waals surface area contributed by atoms with Gasteiger partial charge >= 0.3 is 6.09 Å². The summed E-state index contributed by atoms with van der Waals surface area (Å²) >= 11 is 0. The number of aromatic nitrogens is 4. The van der Waals surface area contributed by atoms with Crippen LogP contribution in [0, 0.1) is 11.7 Å². The molecule has 2 saturated heterocycles. The molecule has 12 nitrogen and oxygen atoms in total. The van der Waals surface area contributed by atoms with Crippen LogP contribution in [0.15, 0.2) is 78.2 Å². The summed E-state index contributed by atoms with van der Waals surface area (Å²) in [4.78, 5) is 50.7. The molecule has 0 radical (unpaired) electrons. The number of ether oxygens (including phenoxy) is 2. The second-order valence-electron chi connectivity index (χ2n) is 14.5. The molecule has 0 aliphatic carbocycles. The average molecular weight is 708 g/mol. The number of carbonyl (C=O) groups is 2. The highest BCUT2D eigenvalue weighted by Gasteiger charge is 2.32. The Kier molecular flexibility index (Phi) is 9.54. The van der Waals surface area contributed by atoms with Crippen molar-refractivity contribution in [2.75, 3.05) is 37.4 Å². The van der Waals surface area contributed by atoms with Crippen LogP contribution in [-0.4, -0.2) is 67.9 Å². The number of nitrogens with one attached hydrogen (secondary N) is 1. The zero-order valence-electron chi connectivity index (χ0n) is 29.5. The summed E-state index contributed by atoms with van der Waals surface area (Å²) in [5, 5.41) is 3.58. The monoisotopic (exact) mass is 707 g/mol. The quantitative estimate of drug-likeness (QED) is 0.195. The predicted molar refractivity (Wildman–Crippen MR) is 196 cm³/mol. The van der Waals surface area contributed by atoms with Crippen LogP contribution in [0.4, 0.5) is 20.7 Å². The molecule has 2 amide bonds. The van der Waals surface area contributed by atoms with Gasteiger partial charge in [-0.25, -0.2) is 19.2 Å². The normalized spacial score (nSPS) is 16.7. The van der Waals surface area contributed by atoms with Gasteiger partial charge in [0.1, 0.15) is 34.8 Å². The largest absolute Gasteiger partial charge is 0.444 e. The summed E-state index contributed by atoms with van der Waals surface area (Å²) in [6.45, 7) is 8.52. The van der Waals surface area contributed by atoms with Crippen molar-refractivity contribution in [1.29, 1.82) is 0 Å². The minimum absolute atomic E-state index is 0.0112. The van der Waals surface area contributed by atoms with Crippen molar-refractivity contribution >= 4 is 34.5 Å². The van der Waals surface area contributed by atoms with Gasteiger partial charge < -0.3 is 34.6 Å². The van der Waals surface area contributed by atoms with Crippen LogP contribution in [0.5, 0.6) is 0 Å². The maximum atomic E-state index is 13.7. The highest BCUT2D eigenvalue weighted by molar-refractivity contribution is 6.05. The first-order valence-corrected chi connectivity index (χ1v) is 17.5. The van der Waals surface area contributed by atoms with Gasteiger partial charge in [-0.05, 0) is 81.3 Å². The molecule has 5 aromatic rings. The number of nitrogens with zero attached hydrogens (tertiary/aromatic N) is 5. The van der Waals surface area contributed by atoms with E-state index < -0.39 is 22.8 Å². The lowest BCUT2D eigenvalue weighted by Gasteiger charge is -2.24. The van der Waals surface area contributed by atoms with E-state index in [0.29, 0.717) is 72.4 Å². The molecule has 7 rings (SSSR count). The van der Waals surface area contributed by atoms with E-state index in [1.807, 2.05) is 48.2 Å². The summed E-state index contributed by atoms with van der Waals surface area (Å²) in [6.07, 6.45) is 8.88. The third kappa shape index (κ3) is 7.40. The number of benzene rings is 2. The van der Waals surface area contributed by atoms with Crippen LogP contribution in [0.3, 0.4) is 0 Å². The number of amides is 2. The fourth-order valence-corrected chi connectivity index (χ4v) is 6.96. The van der Waals surface area contributed by atoms with Gasteiger partial charge in [0.25, 0.3) is 5.91 Å². The second-order valence-corrected chi connectivity index (χ2v) is 14.5. The number of pyridine rings is 1. The predicted octanol–water partition coefficient (Wildman–Crippen LogP) is 6.51. The van der Waals surface area contributed by atoms with E-state index in [1.54, 1.807) is 41.6 Å². The van der Waals surface area contributed by atoms with Gasteiger partial charge in [0, 0.05) is 68.3 Å². The topological polar surface area (TPSA) is 147 Å². The van der Waals surface area contributed by atoms with Crippen molar-refractivity contribution in [3.8, 4) is 22.3 Å². The molecular formula is C39H42FN7O5. The fourth-order valence-electron chi connectivity index (χ4n) is 6.96. The number of halogens is 1. The molecule has 13 heteroatoms. The van der Waals surface area contributed by atoms with E-state index in [2.05, 4.69) is 15.3 Å². The molecule has 0 spiro atoms. The molecule has 3 N–H and O–H groups in total. The lowest BCUT2D eigenvalue weighted by Crippen LogP contribution is -2.35. The average Bonchev–Trinajstić information content (AvgIpc) is 3.76. The van der Waals surface area contributed by atoms with Crippen LogP contribution in [0.25, 0.3) is 33.3 Å². The third-order valence-corrected chi connectivity index (χ3v) is 9.59. The van der Waals surface area contributed by atoms with Crippen molar-refractivity contribution < 1.29 is 23.5 Å². The van der Waals surface area contributed by atoms with Gasteiger partial charge in [-0.1, -0.05) is 24.3 Å². The van der Waals surface area contributed by atoms with Crippen LogP contribution in [0.1, 0.15) is 56.4 Å². The molecule has 2 aliphatic heterocycles. The minimum Gasteiger partial charge on any atom is -0.444 e. The Balaban J connectivity index is 1.14. The first-order chi connectivity index (χ1) is 24.9.